The monoisotopic (exact) mass is 169 g/mol. The lowest BCUT2D eigenvalue weighted by molar-refractivity contribution is 0.0956. The van der Waals surface area contributed by atoms with Crippen LogP contribution in [0.25, 0.3) is 0 Å². The van der Waals surface area contributed by atoms with Crippen LogP contribution in [-0.4, -0.2) is 5.38 Å². The van der Waals surface area contributed by atoms with Crippen molar-refractivity contribution in [3.05, 3.63) is 5.92 Å². The molecule has 0 heterocycles. The lowest BCUT2D eigenvalue weighted by atomic mass is 9.56. The summed E-state index contributed by atoms with van der Waals surface area (Å²) in [6.07, 6.45) is 7.15. The van der Waals surface area contributed by atoms with E-state index in [1.165, 1.54) is 32.1 Å². The quantitative estimate of drug-likeness (QED) is 0.489. The van der Waals surface area contributed by atoms with Crippen molar-refractivity contribution in [2.75, 3.05) is 0 Å². The predicted octanol–water partition coefficient (Wildman–Crippen LogP) is 3.01. The fourth-order valence-electron chi connectivity index (χ4n) is 3.57. The Morgan fingerprint density at radius 1 is 1.00 bits per heavy atom. The molecule has 11 heavy (non-hydrogen) atoms. The van der Waals surface area contributed by atoms with Crippen LogP contribution in [0.5, 0.6) is 0 Å². The van der Waals surface area contributed by atoms with Gasteiger partial charge in [-0.3, -0.25) is 0 Å². The van der Waals surface area contributed by atoms with Crippen molar-refractivity contribution >= 4 is 11.6 Å². The van der Waals surface area contributed by atoms with Gasteiger partial charge in [0.15, 0.2) is 0 Å². The van der Waals surface area contributed by atoms with Crippen LogP contribution < -0.4 is 0 Å². The largest absolute Gasteiger partial charge is 0.122 e. The number of alkyl halides is 1. The molecule has 3 atom stereocenters. The van der Waals surface area contributed by atoms with Crippen LogP contribution in [0.4, 0.5) is 0 Å². The Bertz CT molecular complexity index is 148. The molecule has 0 spiro atoms. The van der Waals surface area contributed by atoms with E-state index in [0.717, 1.165) is 17.8 Å². The van der Waals surface area contributed by atoms with Gasteiger partial charge >= 0.3 is 0 Å². The van der Waals surface area contributed by atoms with Crippen molar-refractivity contribution in [1.29, 1.82) is 0 Å². The van der Waals surface area contributed by atoms with Crippen molar-refractivity contribution in [2.24, 2.45) is 17.8 Å². The molecule has 0 N–H and O–H groups in total. The van der Waals surface area contributed by atoms with Gasteiger partial charge < -0.3 is 0 Å². The molecule has 0 saturated heterocycles. The summed E-state index contributed by atoms with van der Waals surface area (Å²) in [7, 11) is 0. The Morgan fingerprint density at radius 2 is 1.64 bits per heavy atom. The van der Waals surface area contributed by atoms with Gasteiger partial charge in [-0.2, -0.15) is 0 Å². The van der Waals surface area contributed by atoms with Crippen LogP contribution in [0.1, 0.15) is 32.1 Å². The zero-order valence-corrected chi connectivity index (χ0v) is 7.48. The second kappa shape index (κ2) is 2.16. The molecule has 0 amide bonds. The maximum absolute atomic E-state index is 6.33. The summed E-state index contributed by atoms with van der Waals surface area (Å²) in [5.74, 6) is 4.66. The molecule has 4 aliphatic carbocycles. The molecular weight excluding hydrogens is 156 g/mol. The first-order valence-electron chi connectivity index (χ1n) is 4.81. The van der Waals surface area contributed by atoms with Gasteiger partial charge in [0.2, 0.25) is 0 Å². The second-order valence-electron chi connectivity index (χ2n) is 4.67. The molecule has 1 heteroatoms. The van der Waals surface area contributed by atoms with Crippen LogP contribution in [0.15, 0.2) is 0 Å². The summed E-state index contributed by atoms with van der Waals surface area (Å²) in [4.78, 5) is 0. The molecule has 0 aromatic carbocycles. The van der Waals surface area contributed by atoms with Gasteiger partial charge in [-0.15, -0.1) is 11.6 Å². The van der Waals surface area contributed by atoms with E-state index in [1.807, 2.05) is 0 Å². The van der Waals surface area contributed by atoms with E-state index in [2.05, 4.69) is 0 Å². The van der Waals surface area contributed by atoms with Crippen LogP contribution in [0.2, 0.25) is 0 Å². The molecule has 0 nitrogen and oxygen atoms in total. The Kier molecular flexibility index (Phi) is 1.33. The van der Waals surface area contributed by atoms with E-state index in [9.17, 15) is 0 Å². The molecule has 4 aliphatic rings. The minimum absolute atomic E-state index is 0.475. The van der Waals surface area contributed by atoms with Gasteiger partial charge in [0.05, 0.1) is 0 Å². The molecule has 4 rings (SSSR count). The van der Waals surface area contributed by atoms with Gasteiger partial charge in [-0.05, 0) is 55.8 Å². The van der Waals surface area contributed by atoms with Crippen LogP contribution in [-0.2, 0) is 0 Å². The highest BCUT2D eigenvalue weighted by molar-refractivity contribution is 6.22. The Balaban J connectivity index is 1.91. The first-order valence-corrected chi connectivity index (χ1v) is 5.25. The van der Waals surface area contributed by atoms with Gasteiger partial charge in [-0.1, -0.05) is 0 Å². The summed E-state index contributed by atoms with van der Waals surface area (Å²) in [5.41, 5.74) is 0. The van der Waals surface area contributed by atoms with Crippen molar-refractivity contribution in [3.8, 4) is 0 Å². The zero-order chi connectivity index (χ0) is 7.42. The number of halogens is 1. The average molecular weight is 170 g/mol. The Labute approximate surface area is 73.3 Å². The normalized spacial score (nSPS) is 55.4. The van der Waals surface area contributed by atoms with E-state index in [4.69, 9.17) is 11.6 Å². The van der Waals surface area contributed by atoms with Gasteiger partial charge in [0, 0.05) is 5.38 Å². The first kappa shape index (κ1) is 6.77. The zero-order valence-electron chi connectivity index (χ0n) is 6.72. The number of hydrogen-bond donors (Lipinski definition) is 0. The topological polar surface area (TPSA) is 0 Å². The fourth-order valence-corrected chi connectivity index (χ4v) is 3.96. The van der Waals surface area contributed by atoms with E-state index in [0.29, 0.717) is 5.38 Å². The molecule has 4 bridgehead atoms. The molecule has 0 aliphatic heterocycles. The van der Waals surface area contributed by atoms with E-state index in [1.54, 1.807) is 5.92 Å². The van der Waals surface area contributed by atoms with Crippen LogP contribution in [0.3, 0.4) is 0 Å². The molecule has 4 fully saturated rings. The Hall–Kier alpha value is 0.290. The molecule has 0 aromatic heterocycles. The third kappa shape index (κ3) is 0.884. The molecule has 1 radical (unpaired) electrons. The van der Waals surface area contributed by atoms with Gasteiger partial charge in [0.1, 0.15) is 0 Å². The highest BCUT2D eigenvalue weighted by atomic mass is 35.5. The highest BCUT2D eigenvalue weighted by Gasteiger charge is 2.47. The first-order chi connectivity index (χ1) is 5.33. The number of hydrogen-bond acceptors (Lipinski definition) is 0. The van der Waals surface area contributed by atoms with Crippen molar-refractivity contribution < 1.29 is 0 Å². The predicted molar refractivity (Wildman–Crippen MR) is 46.4 cm³/mol. The molecule has 4 saturated carbocycles. The summed E-state index contributed by atoms with van der Waals surface area (Å²) in [5, 5.41) is 0.475. The summed E-state index contributed by atoms with van der Waals surface area (Å²) in [6.45, 7) is 0. The highest BCUT2D eigenvalue weighted by Crippen LogP contribution is 2.56. The standard InChI is InChI=1S/C10H14Cl/c11-10-8-2-6-1-7(4-8)5-9(10)3-6/h6-8,10H,1-5H2. The third-order valence-electron chi connectivity index (χ3n) is 3.84. The van der Waals surface area contributed by atoms with Gasteiger partial charge in [0.25, 0.3) is 0 Å². The molecule has 61 valence electrons. The minimum Gasteiger partial charge on any atom is -0.122 e. The van der Waals surface area contributed by atoms with Crippen molar-refractivity contribution in [2.45, 2.75) is 37.5 Å². The molecular formula is C10H14Cl. The Morgan fingerprint density at radius 3 is 2.18 bits per heavy atom. The maximum Gasteiger partial charge on any atom is 0.0426 e. The number of rotatable bonds is 0. The van der Waals surface area contributed by atoms with Crippen LogP contribution in [0, 0.1) is 23.7 Å². The molecule has 3 unspecified atom stereocenters. The van der Waals surface area contributed by atoms with Gasteiger partial charge in [-0.25, -0.2) is 0 Å². The van der Waals surface area contributed by atoms with E-state index >= 15 is 0 Å². The summed E-state index contributed by atoms with van der Waals surface area (Å²) >= 11 is 6.33. The second-order valence-corrected chi connectivity index (χ2v) is 5.14. The van der Waals surface area contributed by atoms with Crippen molar-refractivity contribution in [3.63, 3.8) is 0 Å². The smallest absolute Gasteiger partial charge is 0.0426 e. The van der Waals surface area contributed by atoms with Crippen LogP contribution >= 0.6 is 11.6 Å². The third-order valence-corrected chi connectivity index (χ3v) is 4.51. The lowest BCUT2D eigenvalue weighted by Gasteiger charge is -2.52. The van der Waals surface area contributed by atoms with Crippen molar-refractivity contribution in [1.82, 2.24) is 0 Å². The van der Waals surface area contributed by atoms with E-state index < -0.39 is 0 Å². The fraction of sp³-hybridized carbons (Fsp3) is 0.900. The van der Waals surface area contributed by atoms with E-state index in [-0.39, 0.29) is 0 Å². The maximum atomic E-state index is 6.33. The minimum atomic E-state index is 0.475. The summed E-state index contributed by atoms with van der Waals surface area (Å²) in [6, 6.07) is 0. The molecule has 0 aromatic rings. The average Bonchev–Trinajstić information content (AvgIpc) is 1.98. The SMILES string of the molecule is ClC1[C]2CC3CC(C2)CC1C3. The lowest BCUT2D eigenvalue weighted by Crippen LogP contribution is -2.44. The summed E-state index contributed by atoms with van der Waals surface area (Å²) < 4.78 is 0.